The largest absolute Gasteiger partial charge is 0.383 e. The topological polar surface area (TPSA) is 91.6 Å². The van der Waals surface area contributed by atoms with Crippen LogP contribution in [0.1, 0.15) is 11.1 Å². The zero-order valence-electron chi connectivity index (χ0n) is 14.5. The predicted octanol–water partition coefficient (Wildman–Crippen LogP) is 2.68. The molecule has 0 saturated heterocycles. The summed E-state index contributed by atoms with van der Waals surface area (Å²) in [5, 5.41) is 20.3. The maximum Gasteiger partial charge on any atom is 0.269 e. The summed E-state index contributed by atoms with van der Waals surface area (Å²) in [4.78, 5) is 14.4. The molecule has 3 N–H and O–H groups in total. The van der Waals surface area contributed by atoms with Gasteiger partial charge in [0, 0.05) is 44.5 Å². The molecular formula is C18H23N5O2. The molecule has 2 aromatic rings. The van der Waals surface area contributed by atoms with E-state index in [2.05, 4.69) is 52.1 Å². The number of nitrogens with zero attached hydrogens (tertiary/aromatic N) is 2. The standard InChI is InChI=1S/C18H23N5O2/c1-14-3-5-15(6-4-14)13-22-18(19-2)21-12-11-20-16-7-9-17(10-8-16)23(24)25/h3-10,20H,11-13H2,1-2H3,(H2,19,21,22). The Hall–Kier alpha value is -3.09. The number of nitro benzene ring substituents is 1. The van der Waals surface area contributed by atoms with Gasteiger partial charge in [0.1, 0.15) is 0 Å². The molecule has 2 rings (SSSR count). The highest BCUT2D eigenvalue weighted by molar-refractivity contribution is 5.79. The second-order valence-corrected chi connectivity index (χ2v) is 5.57. The zero-order valence-corrected chi connectivity index (χ0v) is 14.5. The Balaban J connectivity index is 1.70. The van der Waals surface area contributed by atoms with E-state index >= 15 is 0 Å². The number of aryl methyl sites for hydroxylation is 1. The van der Waals surface area contributed by atoms with Crippen LogP contribution in [0.25, 0.3) is 0 Å². The fraction of sp³-hybridized carbons (Fsp3) is 0.278. The van der Waals surface area contributed by atoms with Gasteiger partial charge in [0.05, 0.1) is 4.92 Å². The molecule has 0 radical (unpaired) electrons. The molecule has 7 heteroatoms. The van der Waals surface area contributed by atoms with Gasteiger partial charge in [-0.05, 0) is 24.6 Å². The Bertz CT molecular complexity index is 711. The fourth-order valence-corrected chi connectivity index (χ4v) is 2.20. The highest BCUT2D eigenvalue weighted by Crippen LogP contribution is 2.14. The Labute approximate surface area is 147 Å². The van der Waals surface area contributed by atoms with E-state index < -0.39 is 4.92 Å². The smallest absolute Gasteiger partial charge is 0.269 e. The third-order valence-electron chi connectivity index (χ3n) is 3.63. The van der Waals surface area contributed by atoms with Crippen molar-refractivity contribution in [2.24, 2.45) is 4.99 Å². The van der Waals surface area contributed by atoms with Crippen LogP contribution in [0.2, 0.25) is 0 Å². The second-order valence-electron chi connectivity index (χ2n) is 5.57. The third-order valence-corrected chi connectivity index (χ3v) is 3.63. The van der Waals surface area contributed by atoms with Crippen molar-refractivity contribution in [1.82, 2.24) is 10.6 Å². The van der Waals surface area contributed by atoms with Crippen molar-refractivity contribution in [1.29, 1.82) is 0 Å². The molecule has 0 aromatic heterocycles. The maximum atomic E-state index is 10.6. The number of benzene rings is 2. The fourth-order valence-electron chi connectivity index (χ4n) is 2.20. The highest BCUT2D eigenvalue weighted by Gasteiger charge is 2.03. The van der Waals surface area contributed by atoms with E-state index in [0.29, 0.717) is 19.6 Å². The van der Waals surface area contributed by atoms with Crippen molar-refractivity contribution in [3.8, 4) is 0 Å². The summed E-state index contributed by atoms with van der Waals surface area (Å²) in [7, 11) is 1.73. The van der Waals surface area contributed by atoms with Gasteiger partial charge in [0.2, 0.25) is 0 Å². The van der Waals surface area contributed by atoms with Crippen molar-refractivity contribution in [2.75, 3.05) is 25.5 Å². The van der Waals surface area contributed by atoms with Gasteiger partial charge in [-0.1, -0.05) is 29.8 Å². The van der Waals surface area contributed by atoms with Gasteiger partial charge in [-0.25, -0.2) is 0 Å². The monoisotopic (exact) mass is 341 g/mol. The molecule has 2 aromatic carbocycles. The van der Waals surface area contributed by atoms with Crippen molar-refractivity contribution in [3.63, 3.8) is 0 Å². The van der Waals surface area contributed by atoms with E-state index in [1.54, 1.807) is 19.2 Å². The number of rotatable bonds is 7. The first-order chi connectivity index (χ1) is 12.1. The summed E-state index contributed by atoms with van der Waals surface area (Å²) in [6, 6.07) is 14.7. The van der Waals surface area contributed by atoms with Gasteiger partial charge in [0.25, 0.3) is 5.69 Å². The molecule has 0 bridgehead atoms. The number of non-ortho nitro benzene ring substituents is 1. The van der Waals surface area contributed by atoms with Crippen LogP contribution in [0.15, 0.2) is 53.5 Å². The van der Waals surface area contributed by atoms with Crippen molar-refractivity contribution in [2.45, 2.75) is 13.5 Å². The van der Waals surface area contributed by atoms with E-state index in [9.17, 15) is 10.1 Å². The Morgan fingerprint density at radius 2 is 1.72 bits per heavy atom. The Morgan fingerprint density at radius 3 is 2.32 bits per heavy atom. The molecule has 0 aliphatic carbocycles. The van der Waals surface area contributed by atoms with Crippen LogP contribution in [-0.2, 0) is 6.54 Å². The molecule has 0 spiro atoms. The molecule has 25 heavy (non-hydrogen) atoms. The van der Waals surface area contributed by atoms with Crippen LogP contribution in [-0.4, -0.2) is 31.0 Å². The Kier molecular flexibility index (Phi) is 6.76. The molecule has 0 amide bonds. The third kappa shape index (κ3) is 6.14. The molecule has 0 saturated carbocycles. The maximum absolute atomic E-state index is 10.6. The predicted molar refractivity (Wildman–Crippen MR) is 101 cm³/mol. The molecule has 0 atom stereocenters. The second kappa shape index (κ2) is 9.27. The van der Waals surface area contributed by atoms with Crippen molar-refractivity contribution < 1.29 is 4.92 Å². The first-order valence-electron chi connectivity index (χ1n) is 8.07. The summed E-state index contributed by atoms with van der Waals surface area (Å²) in [5.74, 6) is 0.728. The van der Waals surface area contributed by atoms with E-state index in [1.807, 2.05) is 0 Å². The van der Waals surface area contributed by atoms with Gasteiger partial charge in [0.15, 0.2) is 5.96 Å². The molecule has 7 nitrogen and oxygen atoms in total. The normalized spacial score (nSPS) is 11.0. The van der Waals surface area contributed by atoms with Crippen LogP contribution < -0.4 is 16.0 Å². The molecule has 0 aliphatic rings. The minimum absolute atomic E-state index is 0.0874. The van der Waals surface area contributed by atoms with Crippen LogP contribution in [0.5, 0.6) is 0 Å². The molecule has 0 fully saturated rings. The lowest BCUT2D eigenvalue weighted by Crippen LogP contribution is -2.39. The molecule has 0 aliphatic heterocycles. The number of anilines is 1. The van der Waals surface area contributed by atoms with Crippen LogP contribution in [0, 0.1) is 17.0 Å². The van der Waals surface area contributed by atoms with Crippen molar-refractivity contribution >= 4 is 17.3 Å². The number of hydrogen-bond acceptors (Lipinski definition) is 4. The number of hydrogen-bond donors (Lipinski definition) is 3. The molecular weight excluding hydrogens is 318 g/mol. The SMILES string of the molecule is CN=C(NCCNc1ccc([N+](=O)[O-])cc1)NCc1ccc(C)cc1. The van der Waals surface area contributed by atoms with Gasteiger partial charge in [-0.15, -0.1) is 0 Å². The number of nitro groups is 1. The summed E-state index contributed by atoms with van der Waals surface area (Å²) in [5.41, 5.74) is 3.36. The summed E-state index contributed by atoms with van der Waals surface area (Å²) < 4.78 is 0. The van der Waals surface area contributed by atoms with Crippen LogP contribution in [0.4, 0.5) is 11.4 Å². The van der Waals surface area contributed by atoms with Crippen LogP contribution in [0.3, 0.4) is 0 Å². The quantitative estimate of drug-likeness (QED) is 0.237. The summed E-state index contributed by atoms with van der Waals surface area (Å²) in [6.07, 6.45) is 0. The van der Waals surface area contributed by atoms with Gasteiger partial charge >= 0.3 is 0 Å². The van der Waals surface area contributed by atoms with E-state index in [4.69, 9.17) is 0 Å². The average Bonchev–Trinajstić information content (AvgIpc) is 2.63. The van der Waals surface area contributed by atoms with E-state index in [0.717, 1.165) is 11.6 Å². The lowest BCUT2D eigenvalue weighted by Gasteiger charge is -2.13. The molecule has 0 unspecified atom stereocenters. The van der Waals surface area contributed by atoms with Gasteiger partial charge in [-0.2, -0.15) is 0 Å². The van der Waals surface area contributed by atoms with Crippen molar-refractivity contribution in [3.05, 3.63) is 69.8 Å². The van der Waals surface area contributed by atoms with Gasteiger partial charge in [-0.3, -0.25) is 15.1 Å². The first-order valence-corrected chi connectivity index (χ1v) is 8.07. The minimum Gasteiger partial charge on any atom is -0.383 e. The first kappa shape index (κ1) is 18.3. The average molecular weight is 341 g/mol. The summed E-state index contributed by atoms with van der Waals surface area (Å²) >= 11 is 0. The lowest BCUT2D eigenvalue weighted by molar-refractivity contribution is -0.384. The zero-order chi connectivity index (χ0) is 18.1. The van der Waals surface area contributed by atoms with Crippen LogP contribution >= 0.6 is 0 Å². The van der Waals surface area contributed by atoms with Gasteiger partial charge < -0.3 is 16.0 Å². The molecule has 132 valence electrons. The Morgan fingerprint density at radius 1 is 1.04 bits per heavy atom. The van der Waals surface area contributed by atoms with E-state index in [-0.39, 0.29) is 5.69 Å². The lowest BCUT2D eigenvalue weighted by atomic mass is 10.1. The number of aliphatic imine (C=N–C) groups is 1. The number of nitrogens with one attached hydrogen (secondary N) is 3. The minimum atomic E-state index is -0.408. The highest BCUT2D eigenvalue weighted by atomic mass is 16.6. The molecule has 0 heterocycles. The number of guanidine groups is 1. The summed E-state index contributed by atoms with van der Waals surface area (Å²) in [6.45, 7) is 4.11. The van der Waals surface area contributed by atoms with E-state index in [1.165, 1.54) is 23.3 Å².